The molecule has 7 heterocycles. The van der Waals surface area contributed by atoms with Crippen molar-refractivity contribution >= 4 is 51.6 Å². The maximum atomic E-state index is 13.2. The molecule has 2 unspecified atom stereocenters. The van der Waals surface area contributed by atoms with Gasteiger partial charge in [0, 0.05) is 80.3 Å². The van der Waals surface area contributed by atoms with E-state index in [2.05, 4.69) is 42.5 Å². The lowest BCUT2D eigenvalue weighted by Gasteiger charge is -2.44. The number of hydrogen-bond acceptors (Lipinski definition) is 9. The van der Waals surface area contributed by atoms with Gasteiger partial charge in [-0.3, -0.25) is 33.8 Å². The van der Waals surface area contributed by atoms with Crippen molar-refractivity contribution < 1.29 is 32.3 Å². The van der Waals surface area contributed by atoms with Crippen molar-refractivity contribution in [3.63, 3.8) is 0 Å². The van der Waals surface area contributed by atoms with E-state index in [0.29, 0.717) is 47.3 Å². The molecule has 4 amide bonds. The summed E-state index contributed by atoms with van der Waals surface area (Å²) < 4.78 is 49.0. The smallest absolute Gasteiger partial charge is 0.433 e. The molecule has 17 heteroatoms. The first-order chi connectivity index (χ1) is 27.0. The molecule has 2 atom stereocenters. The lowest BCUT2D eigenvalue weighted by Crippen LogP contribution is -2.55. The molecule has 0 radical (unpaired) electrons. The van der Waals surface area contributed by atoms with Gasteiger partial charge in [-0.15, -0.1) is 0 Å². The highest BCUT2D eigenvalue weighted by Gasteiger charge is 2.41. The first kappa shape index (κ1) is 36.0. The third-order valence-electron chi connectivity index (χ3n) is 11.8. The monoisotopic (exact) mass is 770 g/mol. The van der Waals surface area contributed by atoms with Gasteiger partial charge in [0.05, 0.1) is 30.6 Å². The van der Waals surface area contributed by atoms with E-state index in [1.54, 1.807) is 23.2 Å². The zero-order chi connectivity index (χ0) is 38.7. The van der Waals surface area contributed by atoms with Crippen molar-refractivity contribution in [1.29, 1.82) is 0 Å². The Morgan fingerprint density at radius 2 is 1.77 bits per heavy atom. The Hall–Kier alpha value is -5.71. The van der Waals surface area contributed by atoms with Crippen LogP contribution >= 0.6 is 0 Å². The molecule has 1 aromatic carbocycles. The zero-order valence-electron chi connectivity index (χ0n) is 30.7. The second-order valence-electron chi connectivity index (χ2n) is 15.2. The molecule has 4 aromatic heterocycles. The summed E-state index contributed by atoms with van der Waals surface area (Å²) >= 11 is 0. The normalized spacial score (nSPS) is 23.2. The van der Waals surface area contributed by atoms with E-state index in [4.69, 9.17) is 9.84 Å². The van der Waals surface area contributed by atoms with Crippen molar-refractivity contribution in [2.24, 2.45) is 5.92 Å². The van der Waals surface area contributed by atoms with E-state index >= 15 is 0 Å². The molecule has 5 aromatic rings. The highest BCUT2D eigenvalue weighted by atomic mass is 19.4. The Morgan fingerprint density at radius 1 is 1.00 bits per heavy atom. The van der Waals surface area contributed by atoms with E-state index in [9.17, 15) is 27.6 Å². The number of nitrogens with one attached hydrogen (secondary N) is 2. The van der Waals surface area contributed by atoms with Gasteiger partial charge in [-0.05, 0) is 68.7 Å². The van der Waals surface area contributed by atoms with Gasteiger partial charge in [0.25, 0.3) is 5.91 Å². The molecular weight excluding hydrogens is 729 g/mol. The molecule has 14 nitrogen and oxygen atoms in total. The predicted molar refractivity (Wildman–Crippen MR) is 201 cm³/mol. The molecular formula is C39H41F3N10O4. The zero-order valence-corrected chi connectivity index (χ0v) is 30.7. The fraction of sp³-hybridized carbons (Fsp3) is 0.436. The van der Waals surface area contributed by atoms with Crippen LogP contribution in [0.15, 0.2) is 61.1 Å². The average Bonchev–Trinajstić information content (AvgIpc) is 3.86. The average molecular weight is 771 g/mol. The number of carbonyl (C=O) groups is 3. The van der Waals surface area contributed by atoms with Gasteiger partial charge in [0.1, 0.15) is 28.6 Å². The van der Waals surface area contributed by atoms with Crippen LogP contribution in [0.4, 0.5) is 35.2 Å². The van der Waals surface area contributed by atoms with Crippen LogP contribution in [0.25, 0.3) is 16.6 Å². The van der Waals surface area contributed by atoms with Gasteiger partial charge in [-0.25, -0.2) is 14.8 Å². The number of piperazine rings is 1. The molecule has 1 aliphatic carbocycles. The van der Waals surface area contributed by atoms with Crippen molar-refractivity contribution in [3.05, 3.63) is 72.4 Å². The van der Waals surface area contributed by atoms with Crippen LogP contribution in [-0.4, -0.2) is 92.3 Å². The highest BCUT2D eigenvalue weighted by molar-refractivity contribution is 6.06. The summed E-state index contributed by atoms with van der Waals surface area (Å²) in [5, 5.41) is 10.7. The molecule has 2 N–H and O–H groups in total. The van der Waals surface area contributed by atoms with Crippen LogP contribution in [0.2, 0.25) is 0 Å². The summed E-state index contributed by atoms with van der Waals surface area (Å²) in [5.74, 6) is 0.550. The highest BCUT2D eigenvalue weighted by Crippen LogP contribution is 2.39. The van der Waals surface area contributed by atoms with Crippen LogP contribution in [-0.2, 0) is 11.0 Å². The Morgan fingerprint density at radius 3 is 2.50 bits per heavy atom. The number of imidazole rings is 1. The molecule has 56 heavy (non-hydrogen) atoms. The molecule has 0 spiro atoms. The number of ether oxygens (including phenoxy) is 1. The van der Waals surface area contributed by atoms with E-state index in [-0.39, 0.29) is 24.1 Å². The Labute approximate surface area is 319 Å². The molecule has 292 valence electrons. The van der Waals surface area contributed by atoms with E-state index in [1.165, 1.54) is 26.0 Å². The second kappa shape index (κ2) is 14.1. The number of nitrogens with zero attached hydrogens (tertiary/aromatic N) is 8. The molecule has 9 rings (SSSR count). The van der Waals surface area contributed by atoms with Crippen molar-refractivity contribution in [3.8, 4) is 5.75 Å². The number of methoxy groups -OCH3 is 1. The second-order valence-corrected chi connectivity index (χ2v) is 15.2. The van der Waals surface area contributed by atoms with Gasteiger partial charge in [0.2, 0.25) is 5.91 Å². The summed E-state index contributed by atoms with van der Waals surface area (Å²) in [5.41, 5.74) is 1.42. The largest absolute Gasteiger partial charge is 0.494 e. The number of carbonyl (C=O) groups excluding carboxylic acids is 3. The van der Waals surface area contributed by atoms with Crippen LogP contribution in [0.3, 0.4) is 0 Å². The van der Waals surface area contributed by atoms with Crippen molar-refractivity contribution in [1.82, 2.24) is 34.4 Å². The summed E-state index contributed by atoms with van der Waals surface area (Å²) in [6.45, 7) is 3.31. The van der Waals surface area contributed by atoms with E-state index in [1.807, 2.05) is 21.5 Å². The summed E-state index contributed by atoms with van der Waals surface area (Å²) in [4.78, 5) is 51.8. The van der Waals surface area contributed by atoms with E-state index in [0.717, 1.165) is 74.2 Å². The number of imide groups is 1. The number of amides is 4. The SMILES string of the molecule is COc1cc2nn([C@H]3CC[C@H](CN4C5CCC4CN(c4ccn6c(N7CCC(=O)NC7=O)cnc6c4)C5)CC3)cc2cc1NC(=O)c1cccc(C(F)(F)F)n1. The minimum atomic E-state index is -4.66. The van der Waals surface area contributed by atoms with Gasteiger partial charge in [-0.1, -0.05) is 6.07 Å². The van der Waals surface area contributed by atoms with Gasteiger partial charge in [0.15, 0.2) is 0 Å². The van der Waals surface area contributed by atoms with E-state index < -0.39 is 23.8 Å². The lowest BCUT2D eigenvalue weighted by molar-refractivity contribution is -0.141. The maximum absolute atomic E-state index is 13.2. The number of pyridine rings is 2. The fourth-order valence-corrected chi connectivity index (χ4v) is 8.96. The molecule has 1 saturated carbocycles. The third-order valence-corrected chi connectivity index (χ3v) is 11.8. The minimum Gasteiger partial charge on any atom is -0.494 e. The first-order valence-corrected chi connectivity index (χ1v) is 19.0. The minimum absolute atomic E-state index is 0.232. The summed E-state index contributed by atoms with van der Waals surface area (Å²) in [6.07, 6.45) is 7.74. The lowest BCUT2D eigenvalue weighted by atomic mass is 9.85. The van der Waals surface area contributed by atoms with Crippen LogP contribution in [0, 0.1) is 5.92 Å². The Kier molecular flexibility index (Phi) is 9.05. The van der Waals surface area contributed by atoms with Crippen molar-refractivity contribution in [2.75, 3.05) is 48.4 Å². The number of alkyl halides is 3. The number of aromatic nitrogens is 5. The number of halogens is 3. The number of fused-ring (bicyclic) bond motifs is 4. The Bertz CT molecular complexity index is 2320. The van der Waals surface area contributed by atoms with Crippen LogP contribution in [0.5, 0.6) is 5.75 Å². The molecule has 4 fully saturated rings. The van der Waals surface area contributed by atoms with Crippen LogP contribution in [0.1, 0.15) is 67.2 Å². The fourth-order valence-electron chi connectivity index (χ4n) is 8.96. The standard InChI is InChI=1S/C39H41F3N10O4/c1-56-32-17-30-24(15-31(32)45-37(54)29-3-2-4-33(44-29)39(40,41)42)20-52(47-30)25-7-5-23(6-8-25)19-51-27-9-10-28(51)22-48(21-27)26-11-13-49-34(16-26)43-18-36(49)50-14-12-35(53)46-38(50)55/h2-4,11,13,15-18,20,23,25,27-28H,5-10,12,14,19,21-22H2,1H3,(H,45,54)(H,46,53,55)/t23-,25-,27?,28?. The topological polar surface area (TPSA) is 142 Å². The van der Waals surface area contributed by atoms with Crippen LogP contribution < -0.4 is 25.2 Å². The summed E-state index contributed by atoms with van der Waals surface area (Å²) in [6, 6.07) is 11.6. The van der Waals surface area contributed by atoms with Crippen molar-refractivity contribution in [2.45, 2.75) is 69.2 Å². The Balaban J connectivity index is 0.812. The third kappa shape index (κ3) is 6.77. The quantitative estimate of drug-likeness (QED) is 0.198. The first-order valence-electron chi connectivity index (χ1n) is 19.0. The molecule has 4 aliphatic rings. The van der Waals surface area contributed by atoms with Gasteiger partial charge in [-0.2, -0.15) is 18.3 Å². The predicted octanol–water partition coefficient (Wildman–Crippen LogP) is 5.89. The molecule has 3 aliphatic heterocycles. The van der Waals surface area contributed by atoms with Gasteiger partial charge >= 0.3 is 12.2 Å². The molecule has 2 bridgehead atoms. The molecule has 3 saturated heterocycles. The number of rotatable bonds is 8. The number of hydrogen-bond donors (Lipinski definition) is 2. The van der Waals surface area contributed by atoms with Gasteiger partial charge < -0.3 is 15.0 Å². The number of benzene rings is 1. The number of anilines is 3. The number of urea groups is 1. The maximum Gasteiger partial charge on any atom is 0.433 e. The summed E-state index contributed by atoms with van der Waals surface area (Å²) in [7, 11) is 1.46.